The van der Waals surface area contributed by atoms with Crippen molar-refractivity contribution in [1.29, 1.82) is 0 Å². The first-order chi connectivity index (χ1) is 19.2. The number of aryl methyl sites for hydroxylation is 1. The van der Waals surface area contributed by atoms with Crippen LogP contribution in [-0.2, 0) is 17.3 Å². The molecule has 41 heavy (non-hydrogen) atoms. The van der Waals surface area contributed by atoms with Gasteiger partial charge in [-0.25, -0.2) is 9.59 Å². The maximum Gasteiger partial charge on any atom is 0.434 e. The molecule has 1 aliphatic carbocycles. The Balaban J connectivity index is 1.59. The van der Waals surface area contributed by atoms with Crippen molar-refractivity contribution in [3.05, 3.63) is 35.2 Å². The number of carboxylic acid groups (broad SMARTS) is 1. The van der Waals surface area contributed by atoms with Gasteiger partial charge in [0.1, 0.15) is 11.6 Å². The van der Waals surface area contributed by atoms with Crippen molar-refractivity contribution in [1.82, 2.24) is 20.4 Å². The molecule has 2 amide bonds. The monoisotopic (exact) mass is 581 g/mol. The largest absolute Gasteiger partial charge is 0.463 e. The quantitative estimate of drug-likeness (QED) is 0.305. The second kappa shape index (κ2) is 12.0. The third-order valence-corrected chi connectivity index (χ3v) is 7.12. The van der Waals surface area contributed by atoms with Gasteiger partial charge in [-0.05, 0) is 57.6 Å². The lowest BCUT2D eigenvalue weighted by Crippen LogP contribution is -2.47. The van der Waals surface area contributed by atoms with Gasteiger partial charge in [0, 0.05) is 12.1 Å². The van der Waals surface area contributed by atoms with Crippen LogP contribution in [0.15, 0.2) is 27.7 Å². The number of ether oxygens (including phenoxy) is 1. The highest BCUT2D eigenvalue weighted by Crippen LogP contribution is 2.38. The Morgan fingerprint density at radius 3 is 2.54 bits per heavy atom. The van der Waals surface area contributed by atoms with Crippen molar-refractivity contribution in [2.75, 3.05) is 6.54 Å². The second-order valence-electron chi connectivity index (χ2n) is 11.4. The number of nitrogens with one attached hydrogen (secondary N) is 1. The summed E-state index contributed by atoms with van der Waals surface area (Å²) in [4.78, 5) is 32.6. The van der Waals surface area contributed by atoms with Crippen LogP contribution in [0.4, 0.5) is 22.8 Å². The van der Waals surface area contributed by atoms with E-state index in [0.29, 0.717) is 18.8 Å². The van der Waals surface area contributed by atoms with Crippen molar-refractivity contribution >= 4 is 18.1 Å². The Morgan fingerprint density at radius 1 is 1.20 bits per heavy atom. The first-order valence-corrected chi connectivity index (χ1v) is 13.5. The van der Waals surface area contributed by atoms with E-state index >= 15 is 0 Å². The van der Waals surface area contributed by atoms with E-state index in [1.165, 1.54) is 17.0 Å². The van der Waals surface area contributed by atoms with Gasteiger partial charge in [-0.15, -0.1) is 4.99 Å². The maximum absolute atomic E-state index is 14.0. The van der Waals surface area contributed by atoms with Crippen LogP contribution in [0.25, 0.3) is 11.4 Å². The van der Waals surface area contributed by atoms with Crippen LogP contribution in [0, 0.1) is 5.92 Å². The van der Waals surface area contributed by atoms with Gasteiger partial charge in [0.15, 0.2) is 0 Å². The van der Waals surface area contributed by atoms with Crippen LogP contribution in [-0.4, -0.2) is 61.6 Å². The number of nitrogens with zero attached hydrogens (tertiary/aromatic N) is 4. The first kappa shape index (κ1) is 30.3. The summed E-state index contributed by atoms with van der Waals surface area (Å²) in [6.45, 7) is 4.92. The summed E-state index contributed by atoms with van der Waals surface area (Å²) in [6, 6.07) is 2.79. The molecule has 2 fully saturated rings. The van der Waals surface area contributed by atoms with E-state index in [0.717, 1.165) is 31.7 Å². The molecule has 1 aromatic carbocycles. The van der Waals surface area contributed by atoms with E-state index in [2.05, 4.69) is 20.4 Å². The van der Waals surface area contributed by atoms with Gasteiger partial charge in [-0.3, -0.25) is 5.32 Å². The zero-order valence-electron chi connectivity index (χ0n) is 23.1. The molecule has 1 saturated carbocycles. The van der Waals surface area contributed by atoms with Crippen molar-refractivity contribution in [3.8, 4) is 11.4 Å². The van der Waals surface area contributed by atoms with E-state index in [4.69, 9.17) is 9.26 Å². The van der Waals surface area contributed by atoms with E-state index in [1.54, 1.807) is 20.8 Å². The van der Waals surface area contributed by atoms with Crippen LogP contribution in [0.1, 0.15) is 82.4 Å². The van der Waals surface area contributed by atoms with E-state index in [-0.39, 0.29) is 35.8 Å². The highest BCUT2D eigenvalue weighted by Gasteiger charge is 2.41. The molecule has 1 aliphatic heterocycles. The van der Waals surface area contributed by atoms with Crippen LogP contribution in [0.5, 0.6) is 0 Å². The number of aromatic nitrogens is 2. The lowest BCUT2D eigenvalue weighted by atomic mass is 9.94. The highest BCUT2D eigenvalue weighted by atomic mass is 19.4. The summed E-state index contributed by atoms with van der Waals surface area (Å²) in [5, 5.41) is 26.0. The Kier molecular flexibility index (Phi) is 8.90. The highest BCUT2D eigenvalue weighted by molar-refractivity contribution is 5.98. The number of hydrogen-bond donors (Lipinski definition) is 3. The van der Waals surface area contributed by atoms with Gasteiger partial charge in [-0.2, -0.15) is 18.2 Å². The number of guanidine groups is 1. The van der Waals surface area contributed by atoms with Gasteiger partial charge < -0.3 is 24.4 Å². The van der Waals surface area contributed by atoms with Crippen LogP contribution in [0.2, 0.25) is 0 Å². The molecule has 2 aromatic rings. The first-order valence-electron chi connectivity index (χ1n) is 13.5. The molecular formula is C27H34F3N5O6. The molecule has 0 bridgehead atoms. The zero-order chi connectivity index (χ0) is 29.9. The second-order valence-corrected chi connectivity index (χ2v) is 11.4. The number of likely N-dealkylation sites (tertiary alicyclic amines) is 1. The molecule has 0 spiro atoms. The van der Waals surface area contributed by atoms with E-state index < -0.39 is 47.6 Å². The number of alkyl halides is 3. The van der Waals surface area contributed by atoms with Gasteiger partial charge in [-0.1, -0.05) is 43.0 Å². The molecule has 4 rings (SSSR count). The molecule has 14 heteroatoms. The average Bonchev–Trinajstić information content (AvgIpc) is 3.61. The maximum atomic E-state index is 14.0. The number of rotatable bonds is 5. The molecule has 1 saturated heterocycles. The van der Waals surface area contributed by atoms with Crippen LogP contribution >= 0.6 is 0 Å². The fourth-order valence-corrected chi connectivity index (χ4v) is 5.29. The van der Waals surface area contributed by atoms with Crippen molar-refractivity contribution in [2.45, 2.75) is 89.6 Å². The zero-order valence-corrected chi connectivity index (χ0v) is 23.1. The van der Waals surface area contributed by atoms with Gasteiger partial charge >= 0.3 is 18.4 Å². The third kappa shape index (κ3) is 7.75. The lowest BCUT2D eigenvalue weighted by Gasteiger charge is -2.27. The SMILES string of the molecule is CC(C)(C)OC(=O)N/C(=N\C(=O)O)N1CC[C@H](O)[C@H]1c1nc(-c2ccc(CCC3CCCC3)c(C(F)(F)F)c2)no1. The van der Waals surface area contributed by atoms with Crippen LogP contribution in [0.3, 0.4) is 0 Å². The van der Waals surface area contributed by atoms with Crippen LogP contribution < -0.4 is 5.32 Å². The van der Waals surface area contributed by atoms with E-state index in [9.17, 15) is 33.0 Å². The molecule has 224 valence electrons. The number of carbonyl (C=O) groups is 2. The normalized spacial score (nSPS) is 20.5. The van der Waals surface area contributed by atoms with Gasteiger partial charge in [0.25, 0.3) is 5.89 Å². The number of hydrogen-bond acceptors (Lipinski definition) is 7. The standard InChI is InChI=1S/C27H34F3N5O6/c1-26(2,3)40-25(39)33-23(32-24(37)38)35-13-12-19(36)20(35)22-31-21(34-41-22)17-11-10-16(18(14-17)27(28,29)30)9-8-15-6-4-5-7-15/h10-11,14-15,19-20,36H,4-9,12-13H2,1-3H3,(H,37,38)(H,32,33,39)/t19-,20-/m0/s1. The number of alkyl carbamates (subject to hydrolysis) is 1. The van der Waals surface area contributed by atoms with E-state index in [1.807, 2.05) is 0 Å². The molecule has 2 heterocycles. The van der Waals surface area contributed by atoms with Crippen molar-refractivity contribution in [3.63, 3.8) is 0 Å². The smallest absolute Gasteiger partial charge is 0.434 e. The summed E-state index contributed by atoms with van der Waals surface area (Å²) in [5.41, 5.74) is -1.37. The molecular weight excluding hydrogens is 547 g/mol. The molecule has 0 unspecified atom stereocenters. The predicted octanol–water partition coefficient (Wildman–Crippen LogP) is 5.54. The summed E-state index contributed by atoms with van der Waals surface area (Å²) < 4.78 is 52.5. The topological polar surface area (TPSA) is 150 Å². The predicted molar refractivity (Wildman–Crippen MR) is 140 cm³/mol. The molecule has 3 N–H and O–H groups in total. The minimum Gasteiger partial charge on any atom is -0.463 e. The number of aliphatic imine (C=N–C) groups is 1. The fourth-order valence-electron chi connectivity index (χ4n) is 5.29. The number of halogens is 3. The molecule has 0 radical (unpaired) electrons. The minimum absolute atomic E-state index is 0.0549. The minimum atomic E-state index is -4.58. The lowest BCUT2D eigenvalue weighted by molar-refractivity contribution is -0.138. The molecule has 2 aliphatic rings. The molecule has 11 nitrogen and oxygen atoms in total. The summed E-state index contributed by atoms with van der Waals surface area (Å²) in [5.74, 6) is -0.314. The van der Waals surface area contributed by atoms with Crippen molar-refractivity contribution < 1.29 is 42.2 Å². The molecule has 1 aromatic heterocycles. The average molecular weight is 582 g/mol. The Labute approximate surface area is 234 Å². The number of aliphatic hydroxyl groups is 1. The van der Waals surface area contributed by atoms with Gasteiger partial charge in [0.05, 0.1) is 11.7 Å². The fraction of sp³-hybridized carbons (Fsp3) is 0.593. The van der Waals surface area contributed by atoms with Gasteiger partial charge in [0.2, 0.25) is 11.8 Å². The summed E-state index contributed by atoms with van der Waals surface area (Å²) >= 11 is 0. The summed E-state index contributed by atoms with van der Waals surface area (Å²) in [7, 11) is 0. The number of aliphatic hydroxyl groups excluding tert-OH is 1. The third-order valence-electron chi connectivity index (χ3n) is 7.12. The Hall–Kier alpha value is -3.68. The molecule has 2 atom stereocenters. The number of carbonyl (C=O) groups excluding carboxylic acids is 1. The Bertz CT molecular complexity index is 1280. The number of benzene rings is 1. The summed E-state index contributed by atoms with van der Waals surface area (Å²) in [6.07, 6.45) is -2.85. The number of amides is 2. The van der Waals surface area contributed by atoms with Crippen molar-refractivity contribution in [2.24, 2.45) is 10.9 Å². The Morgan fingerprint density at radius 2 is 1.90 bits per heavy atom.